The fourth-order valence-corrected chi connectivity index (χ4v) is 4.93. The number of fused-ring (bicyclic) bond motifs is 1. The van der Waals surface area contributed by atoms with Gasteiger partial charge < -0.3 is 14.4 Å². The zero-order chi connectivity index (χ0) is 24.5. The number of carbonyl (C=O) groups excluding carboxylic acids is 3. The molecule has 0 N–H and O–H groups in total. The van der Waals surface area contributed by atoms with E-state index in [9.17, 15) is 14.4 Å². The van der Waals surface area contributed by atoms with Crippen molar-refractivity contribution in [1.29, 1.82) is 0 Å². The van der Waals surface area contributed by atoms with Crippen molar-refractivity contribution in [2.75, 3.05) is 20.8 Å². The van der Waals surface area contributed by atoms with Crippen LogP contribution >= 0.6 is 0 Å². The van der Waals surface area contributed by atoms with Gasteiger partial charge in [-0.2, -0.15) is 0 Å². The van der Waals surface area contributed by atoms with Crippen molar-refractivity contribution in [2.24, 2.45) is 0 Å². The molecular formula is C28H26N2O5. The number of rotatable bonds is 6. The molecule has 5 rings (SSSR count). The first kappa shape index (κ1) is 22.7. The molecule has 0 saturated carbocycles. The predicted octanol–water partition coefficient (Wildman–Crippen LogP) is 4.48. The van der Waals surface area contributed by atoms with E-state index >= 15 is 0 Å². The molecule has 0 aromatic heterocycles. The summed E-state index contributed by atoms with van der Waals surface area (Å²) in [6, 6.07) is 19.6. The first-order valence-electron chi connectivity index (χ1n) is 11.6. The molecule has 7 nitrogen and oxygen atoms in total. The van der Waals surface area contributed by atoms with Gasteiger partial charge in [-0.15, -0.1) is 0 Å². The van der Waals surface area contributed by atoms with Crippen molar-refractivity contribution in [1.82, 2.24) is 9.80 Å². The summed E-state index contributed by atoms with van der Waals surface area (Å²) in [5, 5.41) is 0. The molecule has 35 heavy (non-hydrogen) atoms. The number of nitrogens with zero attached hydrogens (tertiary/aromatic N) is 2. The lowest BCUT2D eigenvalue weighted by atomic mass is 10.0. The lowest BCUT2D eigenvalue weighted by molar-refractivity contribution is 0.0641. The molecule has 2 aliphatic rings. The van der Waals surface area contributed by atoms with Crippen LogP contribution in [-0.4, -0.2) is 48.3 Å². The number of hydrogen-bond acceptors (Lipinski definition) is 5. The van der Waals surface area contributed by atoms with Gasteiger partial charge in [-0.25, -0.2) is 0 Å². The van der Waals surface area contributed by atoms with E-state index in [1.807, 2.05) is 53.4 Å². The summed E-state index contributed by atoms with van der Waals surface area (Å²) < 4.78 is 10.9. The minimum atomic E-state index is -0.377. The van der Waals surface area contributed by atoms with Gasteiger partial charge in [0.2, 0.25) is 0 Å². The third-order valence-electron chi connectivity index (χ3n) is 6.71. The number of amides is 3. The maximum Gasteiger partial charge on any atom is 0.261 e. The Balaban J connectivity index is 1.41. The van der Waals surface area contributed by atoms with Crippen LogP contribution in [0.4, 0.5) is 0 Å². The molecule has 3 aromatic rings. The highest BCUT2D eigenvalue weighted by Gasteiger charge is 2.37. The molecule has 2 heterocycles. The van der Waals surface area contributed by atoms with Crippen LogP contribution < -0.4 is 9.47 Å². The summed E-state index contributed by atoms with van der Waals surface area (Å²) in [6.45, 7) is 0.796. The third-order valence-corrected chi connectivity index (χ3v) is 6.71. The second-order valence-corrected chi connectivity index (χ2v) is 8.71. The number of ether oxygens (including phenoxy) is 2. The van der Waals surface area contributed by atoms with Crippen molar-refractivity contribution in [3.8, 4) is 11.5 Å². The zero-order valence-electron chi connectivity index (χ0n) is 19.7. The maximum absolute atomic E-state index is 13.6. The molecule has 178 valence electrons. The highest BCUT2D eigenvalue weighted by Crippen LogP contribution is 2.39. The third kappa shape index (κ3) is 4.03. The van der Waals surface area contributed by atoms with Gasteiger partial charge in [-0.1, -0.05) is 30.3 Å². The molecule has 3 aromatic carbocycles. The largest absolute Gasteiger partial charge is 0.497 e. The van der Waals surface area contributed by atoms with E-state index in [0.29, 0.717) is 29.2 Å². The molecule has 1 unspecified atom stereocenters. The lowest BCUT2D eigenvalue weighted by Crippen LogP contribution is -2.31. The Bertz CT molecular complexity index is 1300. The van der Waals surface area contributed by atoms with E-state index in [1.165, 1.54) is 4.90 Å². The van der Waals surface area contributed by atoms with Gasteiger partial charge in [-0.3, -0.25) is 19.3 Å². The number of hydrogen-bond donors (Lipinski definition) is 0. The molecule has 1 fully saturated rings. The molecule has 1 atom stereocenters. The highest BCUT2D eigenvalue weighted by atomic mass is 16.5. The minimum absolute atomic E-state index is 0.150. The lowest BCUT2D eigenvalue weighted by Gasteiger charge is -2.27. The fraction of sp³-hybridized carbons (Fsp3) is 0.250. The van der Waals surface area contributed by atoms with Crippen molar-refractivity contribution in [3.63, 3.8) is 0 Å². The van der Waals surface area contributed by atoms with E-state index in [0.717, 1.165) is 24.0 Å². The number of methoxy groups -OCH3 is 2. The normalized spacial score (nSPS) is 17.0. The molecule has 2 aliphatic heterocycles. The van der Waals surface area contributed by atoms with Crippen LogP contribution in [0.2, 0.25) is 0 Å². The van der Waals surface area contributed by atoms with Gasteiger partial charge in [0.15, 0.2) is 0 Å². The first-order chi connectivity index (χ1) is 17.0. The average molecular weight is 471 g/mol. The summed E-state index contributed by atoms with van der Waals surface area (Å²) in [5.41, 5.74) is 2.78. The molecule has 0 bridgehead atoms. The highest BCUT2D eigenvalue weighted by molar-refractivity contribution is 6.22. The van der Waals surface area contributed by atoms with E-state index in [1.54, 1.807) is 32.4 Å². The van der Waals surface area contributed by atoms with E-state index < -0.39 is 0 Å². The predicted molar refractivity (Wildman–Crippen MR) is 130 cm³/mol. The maximum atomic E-state index is 13.6. The second-order valence-electron chi connectivity index (χ2n) is 8.71. The molecular weight excluding hydrogens is 444 g/mol. The van der Waals surface area contributed by atoms with E-state index in [4.69, 9.17) is 9.47 Å². The SMILES string of the molecule is COc1ccc(C2CCCN2C(=O)c2ccc3c(c2)C(=O)N(Cc2ccccc2)C3=O)c(OC)c1. The van der Waals surface area contributed by atoms with Crippen LogP contribution in [0.5, 0.6) is 11.5 Å². The van der Waals surface area contributed by atoms with Crippen molar-refractivity contribution in [2.45, 2.75) is 25.4 Å². The Morgan fingerprint density at radius 2 is 1.69 bits per heavy atom. The van der Waals surface area contributed by atoms with Crippen LogP contribution in [0.1, 0.15) is 61.1 Å². The Morgan fingerprint density at radius 3 is 2.43 bits per heavy atom. The van der Waals surface area contributed by atoms with Gasteiger partial charge in [0, 0.05) is 23.7 Å². The van der Waals surface area contributed by atoms with Gasteiger partial charge >= 0.3 is 0 Å². The average Bonchev–Trinajstić information content (AvgIpc) is 3.48. The Kier molecular flexibility index (Phi) is 5.99. The number of imide groups is 1. The standard InChI is InChI=1S/C28H26N2O5/c1-34-20-11-13-22(25(16-20)35-2)24-9-6-14-29(24)26(31)19-10-12-21-23(15-19)28(33)30(27(21)32)17-18-7-4-3-5-8-18/h3-5,7-8,10-13,15-16,24H,6,9,14,17H2,1-2H3. The van der Waals surface area contributed by atoms with E-state index in [-0.39, 0.29) is 35.9 Å². The molecule has 0 radical (unpaired) electrons. The zero-order valence-corrected chi connectivity index (χ0v) is 19.7. The van der Waals surface area contributed by atoms with Crippen LogP contribution in [0.15, 0.2) is 66.7 Å². The Morgan fingerprint density at radius 1 is 0.914 bits per heavy atom. The summed E-state index contributed by atoms with van der Waals surface area (Å²) in [6.07, 6.45) is 1.67. The topological polar surface area (TPSA) is 76.2 Å². The molecule has 7 heteroatoms. The van der Waals surface area contributed by atoms with Crippen molar-refractivity contribution in [3.05, 3.63) is 94.5 Å². The smallest absolute Gasteiger partial charge is 0.261 e. The quantitative estimate of drug-likeness (QED) is 0.497. The summed E-state index contributed by atoms with van der Waals surface area (Å²) in [7, 11) is 3.20. The summed E-state index contributed by atoms with van der Waals surface area (Å²) >= 11 is 0. The van der Waals surface area contributed by atoms with Crippen LogP contribution in [0.3, 0.4) is 0 Å². The van der Waals surface area contributed by atoms with E-state index in [2.05, 4.69) is 0 Å². The summed E-state index contributed by atoms with van der Waals surface area (Å²) in [5.74, 6) is 0.465. The number of benzene rings is 3. The van der Waals surface area contributed by atoms with Gasteiger partial charge in [-0.05, 0) is 48.7 Å². The number of likely N-dealkylation sites (tertiary alicyclic amines) is 1. The molecule has 0 aliphatic carbocycles. The second kappa shape index (κ2) is 9.25. The minimum Gasteiger partial charge on any atom is -0.497 e. The molecule has 1 saturated heterocycles. The Hall–Kier alpha value is -4.13. The summed E-state index contributed by atoms with van der Waals surface area (Å²) in [4.78, 5) is 42.6. The van der Waals surface area contributed by atoms with Gasteiger partial charge in [0.1, 0.15) is 11.5 Å². The van der Waals surface area contributed by atoms with Crippen molar-refractivity contribution < 1.29 is 23.9 Å². The van der Waals surface area contributed by atoms with Crippen LogP contribution in [0.25, 0.3) is 0 Å². The monoisotopic (exact) mass is 470 g/mol. The molecule has 3 amide bonds. The van der Waals surface area contributed by atoms with Crippen molar-refractivity contribution >= 4 is 17.7 Å². The Labute approximate surface area is 203 Å². The first-order valence-corrected chi connectivity index (χ1v) is 11.6. The van der Waals surface area contributed by atoms with Crippen LogP contribution in [0, 0.1) is 0 Å². The van der Waals surface area contributed by atoms with Gasteiger partial charge in [0.05, 0.1) is 37.9 Å². The van der Waals surface area contributed by atoms with Gasteiger partial charge in [0.25, 0.3) is 17.7 Å². The molecule has 0 spiro atoms. The fourth-order valence-electron chi connectivity index (χ4n) is 4.93. The number of carbonyl (C=O) groups is 3. The van der Waals surface area contributed by atoms with Crippen LogP contribution in [-0.2, 0) is 6.54 Å².